The molecule has 0 aromatic rings. The van der Waals surface area contributed by atoms with Gasteiger partial charge >= 0.3 is 0 Å². The Morgan fingerprint density at radius 2 is 0.615 bits per heavy atom. The van der Waals surface area contributed by atoms with Crippen LogP contribution in [0.4, 0.5) is 0 Å². The molecule has 0 spiro atoms. The Morgan fingerprint density at radius 3 is 0.865 bits per heavy atom. The lowest BCUT2D eigenvalue weighted by Crippen LogP contribution is -2.67. The summed E-state index contributed by atoms with van der Waals surface area (Å²) >= 11 is 0. The molecular formula is C48H80N2O2. The molecule has 0 saturated heterocycles. The first-order chi connectivity index (χ1) is 25.1. The number of ketones is 2. The van der Waals surface area contributed by atoms with Crippen molar-refractivity contribution >= 4 is 11.6 Å². The number of carbonyl (C=O) groups excluding carboxylic acids is 2. The summed E-state index contributed by atoms with van der Waals surface area (Å²) < 4.78 is 0. The standard InChI is InChI=1S/C48H80N2O2/c1-29-7-15-35(16-8-29)49(36-17-9-30(2)10-18-36)45-27-43(33(5)51)39-24-26-42-46(28-44(34(6)52)40-23-25-41(45)47(39)48(40)42)50(37-19-11-31(3)12-20-37)38-21-13-32(4)14-22-38/h29-32,35-48H,7-28H2,1-6H3. The van der Waals surface area contributed by atoms with Crippen LogP contribution in [0.5, 0.6) is 0 Å². The van der Waals surface area contributed by atoms with Crippen molar-refractivity contribution in [1.82, 2.24) is 9.80 Å². The van der Waals surface area contributed by atoms with Gasteiger partial charge in [-0.25, -0.2) is 0 Å². The third-order valence-electron chi connectivity index (χ3n) is 18.5. The van der Waals surface area contributed by atoms with Crippen molar-refractivity contribution in [3.63, 3.8) is 0 Å². The van der Waals surface area contributed by atoms with E-state index in [2.05, 4.69) is 37.5 Å². The summed E-state index contributed by atoms with van der Waals surface area (Å²) in [5, 5.41) is 0. The second kappa shape index (κ2) is 16.0. The molecule has 8 rings (SSSR count). The van der Waals surface area contributed by atoms with Crippen LogP contribution in [0, 0.1) is 71.0 Å². The largest absolute Gasteiger partial charge is 0.300 e. The Labute approximate surface area is 320 Å². The summed E-state index contributed by atoms with van der Waals surface area (Å²) in [5.74, 6) is 8.72. The van der Waals surface area contributed by atoms with Crippen molar-refractivity contribution in [2.24, 2.45) is 71.0 Å². The summed E-state index contributed by atoms with van der Waals surface area (Å²) in [6, 6.07) is 3.98. The molecule has 8 fully saturated rings. The molecule has 8 aliphatic rings. The van der Waals surface area contributed by atoms with Gasteiger partial charge in [0.2, 0.25) is 0 Å². The average Bonchev–Trinajstić information content (AvgIpc) is 3.14. The van der Waals surface area contributed by atoms with Crippen molar-refractivity contribution in [3.8, 4) is 0 Å². The van der Waals surface area contributed by atoms with Gasteiger partial charge < -0.3 is 0 Å². The fraction of sp³-hybridized carbons (Fsp3) is 0.958. The molecule has 0 N–H and O–H groups in total. The summed E-state index contributed by atoms with van der Waals surface area (Å²) in [4.78, 5) is 34.3. The van der Waals surface area contributed by atoms with Gasteiger partial charge in [0.25, 0.3) is 0 Å². The highest BCUT2D eigenvalue weighted by atomic mass is 16.1. The zero-order valence-corrected chi connectivity index (χ0v) is 34.7. The lowest BCUT2D eigenvalue weighted by atomic mass is 9.42. The van der Waals surface area contributed by atoms with E-state index < -0.39 is 0 Å². The zero-order valence-electron chi connectivity index (χ0n) is 34.7. The van der Waals surface area contributed by atoms with Crippen LogP contribution in [-0.2, 0) is 9.59 Å². The molecule has 8 saturated carbocycles. The molecular weight excluding hydrogens is 637 g/mol. The SMILES string of the molecule is CC(=O)C1CC(N(C2CCC(C)CC2)C2CCC(C)CC2)C2CCC3C(C(C)=O)CC(N(C4CCC(C)CC4)C4CCC(C)CC4)C4CCC1C2C34. The van der Waals surface area contributed by atoms with Crippen LogP contribution in [0.15, 0.2) is 0 Å². The smallest absolute Gasteiger partial charge is 0.133 e. The first-order valence-electron chi connectivity index (χ1n) is 23.6. The molecule has 0 heterocycles. The van der Waals surface area contributed by atoms with Crippen molar-refractivity contribution in [2.75, 3.05) is 0 Å². The molecule has 0 radical (unpaired) electrons. The minimum absolute atomic E-state index is 0.227. The quantitative estimate of drug-likeness (QED) is 0.251. The predicted molar refractivity (Wildman–Crippen MR) is 214 cm³/mol. The molecule has 0 aromatic heterocycles. The van der Waals surface area contributed by atoms with Crippen molar-refractivity contribution in [3.05, 3.63) is 0 Å². The average molecular weight is 717 g/mol. The van der Waals surface area contributed by atoms with Crippen LogP contribution in [0.1, 0.15) is 183 Å². The van der Waals surface area contributed by atoms with E-state index >= 15 is 0 Å². The molecule has 8 aliphatic carbocycles. The number of rotatable bonds is 8. The van der Waals surface area contributed by atoms with Crippen molar-refractivity contribution < 1.29 is 9.59 Å². The van der Waals surface area contributed by atoms with E-state index in [1.165, 1.54) is 128 Å². The Bertz CT molecular complexity index is 1080. The lowest BCUT2D eigenvalue weighted by molar-refractivity contribution is -0.181. The third kappa shape index (κ3) is 7.31. The van der Waals surface area contributed by atoms with E-state index in [0.717, 1.165) is 36.5 Å². The molecule has 4 nitrogen and oxygen atoms in total. The molecule has 4 heteroatoms. The zero-order chi connectivity index (χ0) is 36.3. The molecule has 294 valence electrons. The molecule has 0 amide bonds. The Balaban J connectivity index is 1.17. The minimum Gasteiger partial charge on any atom is -0.300 e. The van der Waals surface area contributed by atoms with E-state index in [9.17, 15) is 9.59 Å². The number of nitrogens with zero attached hydrogens (tertiary/aromatic N) is 2. The lowest BCUT2D eigenvalue weighted by Gasteiger charge is -2.66. The van der Waals surface area contributed by atoms with Crippen LogP contribution < -0.4 is 0 Å². The number of hydrogen-bond acceptors (Lipinski definition) is 4. The third-order valence-corrected chi connectivity index (χ3v) is 18.5. The predicted octanol–water partition coefficient (Wildman–Crippen LogP) is 11.1. The van der Waals surface area contributed by atoms with Gasteiger partial charge in [-0.05, 0) is 214 Å². The maximum atomic E-state index is 14.0. The van der Waals surface area contributed by atoms with E-state index in [0.29, 0.717) is 83.3 Å². The van der Waals surface area contributed by atoms with Gasteiger partial charge in [-0.3, -0.25) is 19.4 Å². The first kappa shape index (κ1) is 38.1. The summed E-state index contributed by atoms with van der Waals surface area (Å²) in [5.41, 5.74) is 0. The molecule has 0 aromatic carbocycles. The van der Waals surface area contributed by atoms with Crippen LogP contribution >= 0.6 is 0 Å². The van der Waals surface area contributed by atoms with Gasteiger partial charge in [-0.1, -0.05) is 27.7 Å². The van der Waals surface area contributed by atoms with Crippen molar-refractivity contribution in [1.29, 1.82) is 0 Å². The number of hydrogen-bond donors (Lipinski definition) is 0. The second-order valence-corrected chi connectivity index (χ2v) is 21.6. The van der Waals surface area contributed by atoms with Gasteiger partial charge in [-0.15, -0.1) is 0 Å². The normalized spacial score (nSPS) is 49.7. The van der Waals surface area contributed by atoms with Crippen LogP contribution in [0.2, 0.25) is 0 Å². The Kier molecular flexibility index (Phi) is 11.8. The number of Topliss-reactive ketones (excluding diaryl/α,β-unsaturated/α-hetero) is 2. The van der Waals surface area contributed by atoms with Gasteiger partial charge in [0.05, 0.1) is 0 Å². The van der Waals surface area contributed by atoms with Crippen LogP contribution in [0.25, 0.3) is 0 Å². The highest BCUT2D eigenvalue weighted by molar-refractivity contribution is 5.79. The minimum atomic E-state index is 0.227. The molecule has 10 unspecified atom stereocenters. The monoisotopic (exact) mass is 717 g/mol. The van der Waals surface area contributed by atoms with E-state index in [4.69, 9.17) is 0 Å². The first-order valence-corrected chi connectivity index (χ1v) is 23.6. The fourth-order valence-corrected chi connectivity index (χ4v) is 15.8. The van der Waals surface area contributed by atoms with Gasteiger partial charge in [0.1, 0.15) is 11.6 Å². The molecule has 0 bridgehead atoms. The molecule has 0 aliphatic heterocycles. The fourth-order valence-electron chi connectivity index (χ4n) is 15.8. The van der Waals surface area contributed by atoms with Crippen LogP contribution in [0.3, 0.4) is 0 Å². The maximum Gasteiger partial charge on any atom is 0.133 e. The van der Waals surface area contributed by atoms with Crippen molar-refractivity contribution in [2.45, 2.75) is 219 Å². The van der Waals surface area contributed by atoms with Gasteiger partial charge in [-0.2, -0.15) is 0 Å². The molecule has 10 atom stereocenters. The Morgan fingerprint density at radius 1 is 0.365 bits per heavy atom. The Hall–Kier alpha value is -0.740. The van der Waals surface area contributed by atoms with E-state index in [-0.39, 0.29) is 11.8 Å². The summed E-state index contributed by atoms with van der Waals surface area (Å²) in [6.45, 7) is 13.9. The summed E-state index contributed by atoms with van der Waals surface area (Å²) in [6.07, 6.45) is 29.4. The highest BCUT2D eigenvalue weighted by Gasteiger charge is 2.63. The highest BCUT2D eigenvalue weighted by Crippen LogP contribution is 2.64. The van der Waals surface area contributed by atoms with Gasteiger partial charge in [0.15, 0.2) is 0 Å². The maximum absolute atomic E-state index is 14.0. The topological polar surface area (TPSA) is 40.6 Å². The van der Waals surface area contributed by atoms with E-state index in [1.807, 2.05) is 13.8 Å². The molecule has 52 heavy (non-hydrogen) atoms. The second-order valence-electron chi connectivity index (χ2n) is 21.6. The van der Waals surface area contributed by atoms with Crippen LogP contribution in [-0.4, -0.2) is 57.6 Å². The van der Waals surface area contributed by atoms with Gasteiger partial charge in [0, 0.05) is 48.1 Å². The number of carbonyl (C=O) groups is 2. The van der Waals surface area contributed by atoms with E-state index in [1.54, 1.807) is 0 Å². The summed E-state index contributed by atoms with van der Waals surface area (Å²) in [7, 11) is 0.